The quantitative estimate of drug-likeness (QED) is 0.792. The Morgan fingerprint density at radius 2 is 2.07 bits per heavy atom. The van der Waals surface area contributed by atoms with Crippen molar-refractivity contribution in [2.24, 2.45) is 0 Å². The van der Waals surface area contributed by atoms with Gasteiger partial charge in [0.1, 0.15) is 0 Å². The third kappa shape index (κ3) is 1.99. The van der Waals surface area contributed by atoms with E-state index in [0.29, 0.717) is 11.2 Å². The summed E-state index contributed by atoms with van der Waals surface area (Å²) in [6.45, 7) is 0. The van der Waals surface area contributed by atoms with Gasteiger partial charge in [0.25, 0.3) is 0 Å². The van der Waals surface area contributed by atoms with Crippen molar-refractivity contribution in [2.75, 3.05) is 7.11 Å². The van der Waals surface area contributed by atoms with Crippen LogP contribution in [0.2, 0.25) is 0 Å². The number of nitrogens with zero attached hydrogens (tertiary/aromatic N) is 2. The summed E-state index contributed by atoms with van der Waals surface area (Å²) in [6.07, 6.45) is 0. The summed E-state index contributed by atoms with van der Waals surface area (Å²) in [6, 6.07) is 5.95. The van der Waals surface area contributed by atoms with Crippen LogP contribution in [0.15, 0.2) is 22.7 Å². The van der Waals surface area contributed by atoms with Crippen LogP contribution >= 0.6 is 31.9 Å². The van der Waals surface area contributed by atoms with E-state index in [9.17, 15) is 0 Å². The van der Waals surface area contributed by atoms with E-state index in [1.807, 2.05) is 18.2 Å². The highest BCUT2D eigenvalue weighted by atomic mass is 79.9. The van der Waals surface area contributed by atoms with Gasteiger partial charge in [0.15, 0.2) is 0 Å². The molecule has 3 nitrogen and oxygen atoms in total. The molecule has 2 rings (SSSR count). The molecule has 2 aromatic rings. The Labute approximate surface area is 104 Å². The smallest absolute Gasteiger partial charge is 0.241 e. The number of benzene rings is 1. The number of fused-ring (bicyclic) bond motifs is 1. The SMILES string of the molecule is COc1nnc(CBr)c2cc(Br)ccc12. The van der Waals surface area contributed by atoms with Crippen molar-refractivity contribution >= 4 is 42.6 Å². The van der Waals surface area contributed by atoms with Crippen molar-refractivity contribution in [2.45, 2.75) is 5.33 Å². The summed E-state index contributed by atoms with van der Waals surface area (Å²) >= 11 is 6.83. The van der Waals surface area contributed by atoms with E-state index >= 15 is 0 Å². The average Bonchev–Trinajstić information content (AvgIpc) is 2.27. The molecule has 1 aromatic carbocycles. The molecule has 1 aromatic heterocycles. The molecule has 0 N–H and O–H groups in total. The summed E-state index contributed by atoms with van der Waals surface area (Å²) < 4.78 is 6.18. The summed E-state index contributed by atoms with van der Waals surface area (Å²) in [5.74, 6) is 0.558. The van der Waals surface area contributed by atoms with Crippen LogP contribution in [0.5, 0.6) is 5.88 Å². The number of methoxy groups -OCH3 is 1. The Hall–Kier alpha value is -0.680. The maximum Gasteiger partial charge on any atom is 0.241 e. The molecular formula is C10H8Br2N2O. The second-order valence-electron chi connectivity index (χ2n) is 2.98. The number of aromatic nitrogens is 2. The fraction of sp³-hybridized carbons (Fsp3) is 0.200. The van der Waals surface area contributed by atoms with Crippen LogP contribution in [0.3, 0.4) is 0 Å². The highest BCUT2D eigenvalue weighted by molar-refractivity contribution is 9.10. The second kappa shape index (κ2) is 4.45. The molecule has 0 aliphatic rings. The van der Waals surface area contributed by atoms with Gasteiger partial charge in [-0.3, -0.25) is 0 Å². The molecular weight excluding hydrogens is 324 g/mol. The molecule has 0 aliphatic carbocycles. The van der Waals surface area contributed by atoms with Crippen molar-refractivity contribution < 1.29 is 4.74 Å². The maximum absolute atomic E-state index is 5.16. The zero-order chi connectivity index (χ0) is 10.8. The van der Waals surface area contributed by atoms with E-state index in [4.69, 9.17) is 4.74 Å². The molecule has 0 radical (unpaired) electrons. The van der Waals surface area contributed by atoms with Gasteiger partial charge in [-0.15, -0.1) is 5.10 Å². The van der Waals surface area contributed by atoms with E-state index < -0.39 is 0 Å². The van der Waals surface area contributed by atoms with Gasteiger partial charge in [0, 0.05) is 20.6 Å². The predicted octanol–water partition coefficient (Wildman–Crippen LogP) is 3.30. The lowest BCUT2D eigenvalue weighted by atomic mass is 10.1. The molecule has 0 bridgehead atoms. The number of hydrogen-bond acceptors (Lipinski definition) is 3. The predicted molar refractivity (Wildman–Crippen MR) is 66.4 cm³/mol. The molecule has 78 valence electrons. The summed E-state index contributed by atoms with van der Waals surface area (Å²) in [5, 5.41) is 10.8. The van der Waals surface area contributed by atoms with Crippen molar-refractivity contribution in [1.29, 1.82) is 0 Å². The number of rotatable bonds is 2. The minimum Gasteiger partial charge on any atom is -0.479 e. The van der Waals surface area contributed by atoms with Crippen LogP contribution in [0.1, 0.15) is 5.69 Å². The molecule has 0 amide bonds. The molecule has 0 fully saturated rings. The molecule has 5 heteroatoms. The summed E-state index contributed by atoms with van der Waals surface area (Å²) in [7, 11) is 1.60. The minimum absolute atomic E-state index is 0.558. The van der Waals surface area contributed by atoms with Crippen LogP contribution in [0, 0.1) is 0 Å². The Morgan fingerprint density at radius 1 is 1.27 bits per heavy atom. The van der Waals surface area contributed by atoms with Gasteiger partial charge in [0.2, 0.25) is 5.88 Å². The van der Waals surface area contributed by atoms with Gasteiger partial charge >= 0.3 is 0 Å². The Kier molecular flexibility index (Phi) is 3.21. The average molecular weight is 332 g/mol. The zero-order valence-corrected chi connectivity index (χ0v) is 11.2. The standard InChI is InChI=1S/C10H8Br2N2O/c1-15-10-7-3-2-6(12)4-8(7)9(5-11)13-14-10/h2-4H,5H2,1H3. The lowest BCUT2D eigenvalue weighted by Crippen LogP contribution is -1.96. The first kappa shape index (κ1) is 10.8. The van der Waals surface area contributed by atoms with Gasteiger partial charge in [-0.1, -0.05) is 31.9 Å². The largest absolute Gasteiger partial charge is 0.479 e. The lowest BCUT2D eigenvalue weighted by Gasteiger charge is -2.06. The second-order valence-corrected chi connectivity index (χ2v) is 4.46. The first-order valence-electron chi connectivity index (χ1n) is 4.31. The Morgan fingerprint density at radius 3 is 2.73 bits per heavy atom. The number of alkyl halides is 1. The first-order valence-corrected chi connectivity index (χ1v) is 6.22. The van der Waals surface area contributed by atoms with Crippen LogP contribution in [0.25, 0.3) is 10.8 Å². The fourth-order valence-electron chi connectivity index (χ4n) is 1.40. The van der Waals surface area contributed by atoms with Gasteiger partial charge < -0.3 is 4.74 Å². The molecule has 0 spiro atoms. The van der Waals surface area contributed by atoms with Crippen LogP contribution in [0.4, 0.5) is 0 Å². The number of halogens is 2. The number of hydrogen-bond donors (Lipinski definition) is 0. The van der Waals surface area contributed by atoms with Crippen LogP contribution in [-0.4, -0.2) is 17.3 Å². The van der Waals surface area contributed by atoms with E-state index in [2.05, 4.69) is 42.1 Å². The van der Waals surface area contributed by atoms with Crippen molar-refractivity contribution in [3.05, 3.63) is 28.4 Å². The van der Waals surface area contributed by atoms with Crippen molar-refractivity contribution in [1.82, 2.24) is 10.2 Å². The molecule has 0 atom stereocenters. The first-order chi connectivity index (χ1) is 7.26. The van der Waals surface area contributed by atoms with Gasteiger partial charge in [0.05, 0.1) is 12.8 Å². The third-order valence-corrected chi connectivity index (χ3v) is 3.13. The number of ether oxygens (including phenoxy) is 1. The van der Waals surface area contributed by atoms with Crippen molar-refractivity contribution in [3.8, 4) is 5.88 Å². The monoisotopic (exact) mass is 330 g/mol. The Balaban J connectivity index is 2.80. The highest BCUT2D eigenvalue weighted by Gasteiger charge is 2.08. The lowest BCUT2D eigenvalue weighted by molar-refractivity contribution is 0.397. The highest BCUT2D eigenvalue weighted by Crippen LogP contribution is 2.28. The minimum atomic E-state index is 0.558. The Bertz CT molecular complexity index is 502. The molecule has 0 saturated carbocycles. The summed E-state index contributed by atoms with van der Waals surface area (Å²) in [4.78, 5) is 0. The maximum atomic E-state index is 5.16. The van der Waals surface area contributed by atoms with E-state index in [1.54, 1.807) is 7.11 Å². The molecule has 0 unspecified atom stereocenters. The fourth-order valence-corrected chi connectivity index (χ4v) is 2.18. The normalized spacial score (nSPS) is 10.6. The molecule has 1 heterocycles. The van der Waals surface area contributed by atoms with Crippen LogP contribution in [-0.2, 0) is 5.33 Å². The topological polar surface area (TPSA) is 35.0 Å². The third-order valence-electron chi connectivity index (χ3n) is 2.10. The van der Waals surface area contributed by atoms with Gasteiger partial charge in [-0.05, 0) is 18.2 Å². The van der Waals surface area contributed by atoms with E-state index in [0.717, 1.165) is 20.9 Å². The van der Waals surface area contributed by atoms with Gasteiger partial charge in [-0.2, -0.15) is 5.10 Å². The molecule has 0 saturated heterocycles. The summed E-state index contributed by atoms with van der Waals surface area (Å²) in [5.41, 5.74) is 0.909. The van der Waals surface area contributed by atoms with Crippen molar-refractivity contribution in [3.63, 3.8) is 0 Å². The van der Waals surface area contributed by atoms with E-state index in [1.165, 1.54) is 0 Å². The molecule has 15 heavy (non-hydrogen) atoms. The molecule has 0 aliphatic heterocycles. The van der Waals surface area contributed by atoms with Crippen LogP contribution < -0.4 is 4.74 Å². The van der Waals surface area contributed by atoms with E-state index in [-0.39, 0.29) is 0 Å². The van der Waals surface area contributed by atoms with Gasteiger partial charge in [-0.25, -0.2) is 0 Å². The zero-order valence-electron chi connectivity index (χ0n) is 8.00.